The molecule has 0 spiro atoms. The Morgan fingerprint density at radius 3 is 2.70 bits per heavy atom. The van der Waals surface area contributed by atoms with Gasteiger partial charge in [0.15, 0.2) is 0 Å². The van der Waals surface area contributed by atoms with E-state index in [-0.39, 0.29) is 13.0 Å². The number of aliphatic carboxylic acids is 1. The van der Waals surface area contributed by atoms with Gasteiger partial charge in [0.25, 0.3) is 0 Å². The van der Waals surface area contributed by atoms with Crippen LogP contribution in [0.5, 0.6) is 0 Å². The maximum atomic E-state index is 13.7. The summed E-state index contributed by atoms with van der Waals surface area (Å²) in [6, 6.07) is 2.20. The molecule has 2 N–H and O–H groups in total. The first-order chi connectivity index (χ1) is 9.23. The zero-order valence-electron chi connectivity index (χ0n) is 10.7. The highest BCUT2D eigenvalue weighted by Crippen LogP contribution is 2.28. The van der Waals surface area contributed by atoms with E-state index in [1.165, 1.54) is 6.07 Å². The molecule has 0 amide bonds. The van der Waals surface area contributed by atoms with Gasteiger partial charge in [-0.2, -0.15) is 4.31 Å². The lowest BCUT2D eigenvalue weighted by molar-refractivity contribution is -0.140. The van der Waals surface area contributed by atoms with Crippen LogP contribution in [0.2, 0.25) is 0 Å². The second-order valence-corrected chi connectivity index (χ2v) is 6.61. The number of carbonyl (C=O) groups is 1. The molecule has 1 saturated heterocycles. The van der Waals surface area contributed by atoms with Crippen LogP contribution < -0.4 is 0 Å². The van der Waals surface area contributed by atoms with Crippen molar-refractivity contribution in [2.75, 3.05) is 6.54 Å². The zero-order chi connectivity index (χ0) is 15.1. The number of hydrogen-bond acceptors (Lipinski definition) is 4. The summed E-state index contributed by atoms with van der Waals surface area (Å²) in [5.41, 5.74) is 0.539. The third-order valence-corrected chi connectivity index (χ3v) is 5.08. The second kappa shape index (κ2) is 5.12. The molecule has 2 atom stereocenters. The average molecular weight is 303 g/mol. The van der Waals surface area contributed by atoms with Crippen LogP contribution in [0, 0.1) is 12.7 Å². The number of carboxylic acid groups (broad SMARTS) is 1. The number of aliphatic hydroxyl groups is 1. The smallest absolute Gasteiger partial charge is 0.322 e. The van der Waals surface area contributed by atoms with Gasteiger partial charge in [-0.05, 0) is 24.6 Å². The number of β-amino-alcohol motifs (C(OH)–C–C–N with tert-alkyl or cyclic N) is 1. The monoisotopic (exact) mass is 303 g/mol. The lowest BCUT2D eigenvalue weighted by Crippen LogP contribution is -2.40. The van der Waals surface area contributed by atoms with E-state index in [4.69, 9.17) is 5.11 Å². The largest absolute Gasteiger partial charge is 0.480 e. The van der Waals surface area contributed by atoms with Crippen LogP contribution >= 0.6 is 0 Å². The van der Waals surface area contributed by atoms with Gasteiger partial charge in [-0.15, -0.1) is 0 Å². The van der Waals surface area contributed by atoms with E-state index in [0.29, 0.717) is 9.87 Å². The summed E-state index contributed by atoms with van der Waals surface area (Å²) in [6.07, 6.45) is -1.28. The summed E-state index contributed by atoms with van der Waals surface area (Å²) in [7, 11) is -4.30. The van der Waals surface area contributed by atoms with Gasteiger partial charge in [-0.25, -0.2) is 12.8 Å². The van der Waals surface area contributed by atoms with Gasteiger partial charge < -0.3 is 10.2 Å². The first-order valence-electron chi connectivity index (χ1n) is 5.92. The normalized spacial score (nSPS) is 23.9. The first-order valence-corrected chi connectivity index (χ1v) is 7.36. The minimum Gasteiger partial charge on any atom is -0.480 e. The quantitative estimate of drug-likeness (QED) is 0.840. The van der Waals surface area contributed by atoms with Crippen molar-refractivity contribution in [3.05, 3.63) is 29.6 Å². The van der Waals surface area contributed by atoms with E-state index in [1.54, 1.807) is 6.92 Å². The maximum Gasteiger partial charge on any atom is 0.322 e. The summed E-state index contributed by atoms with van der Waals surface area (Å²) in [5.74, 6) is -2.31. The van der Waals surface area contributed by atoms with Gasteiger partial charge in [0.1, 0.15) is 16.8 Å². The van der Waals surface area contributed by atoms with E-state index >= 15 is 0 Å². The fraction of sp³-hybridized carbons (Fsp3) is 0.417. The van der Waals surface area contributed by atoms with Crippen molar-refractivity contribution >= 4 is 16.0 Å². The predicted octanol–water partition coefficient (Wildman–Crippen LogP) is 0.343. The van der Waals surface area contributed by atoms with E-state index in [0.717, 1.165) is 12.1 Å². The van der Waals surface area contributed by atoms with Gasteiger partial charge in [-0.1, -0.05) is 6.07 Å². The van der Waals surface area contributed by atoms with Crippen molar-refractivity contribution in [3.63, 3.8) is 0 Å². The molecule has 1 aromatic carbocycles. The summed E-state index contributed by atoms with van der Waals surface area (Å²) >= 11 is 0. The Morgan fingerprint density at radius 1 is 1.45 bits per heavy atom. The molecule has 2 rings (SSSR count). The van der Waals surface area contributed by atoms with Crippen LogP contribution in [0.3, 0.4) is 0 Å². The molecule has 20 heavy (non-hydrogen) atoms. The maximum absolute atomic E-state index is 13.7. The number of carboxylic acids is 1. The molecular formula is C12H14FNO5S. The minimum atomic E-state index is -4.30. The fourth-order valence-electron chi connectivity index (χ4n) is 2.21. The Kier molecular flexibility index (Phi) is 3.81. The fourth-order valence-corrected chi connectivity index (χ4v) is 3.99. The number of aryl methyl sites for hydroxylation is 1. The highest BCUT2D eigenvalue weighted by molar-refractivity contribution is 7.89. The molecule has 0 radical (unpaired) electrons. The van der Waals surface area contributed by atoms with Gasteiger partial charge >= 0.3 is 5.97 Å². The molecular weight excluding hydrogens is 289 g/mol. The number of nitrogens with zero attached hydrogens (tertiary/aromatic N) is 1. The van der Waals surface area contributed by atoms with Gasteiger partial charge in [0, 0.05) is 13.0 Å². The van der Waals surface area contributed by atoms with E-state index in [2.05, 4.69) is 0 Å². The summed E-state index contributed by atoms with van der Waals surface area (Å²) in [6.45, 7) is 1.25. The molecule has 110 valence electrons. The highest BCUT2D eigenvalue weighted by atomic mass is 32.2. The molecule has 1 fully saturated rings. The predicted molar refractivity (Wildman–Crippen MR) is 67.1 cm³/mol. The van der Waals surface area contributed by atoms with Crippen LogP contribution in [0.1, 0.15) is 12.0 Å². The molecule has 0 aromatic heterocycles. The van der Waals surface area contributed by atoms with Crippen LogP contribution in [-0.2, 0) is 14.8 Å². The Morgan fingerprint density at radius 2 is 2.10 bits per heavy atom. The number of halogens is 1. The van der Waals surface area contributed by atoms with Crippen molar-refractivity contribution < 1.29 is 27.8 Å². The zero-order valence-corrected chi connectivity index (χ0v) is 11.5. The van der Waals surface area contributed by atoms with Crippen molar-refractivity contribution in [2.24, 2.45) is 0 Å². The average Bonchev–Trinajstić information content (AvgIpc) is 2.75. The number of benzene rings is 1. The van der Waals surface area contributed by atoms with E-state index in [1.807, 2.05) is 0 Å². The van der Waals surface area contributed by atoms with Crippen molar-refractivity contribution in [3.8, 4) is 0 Å². The number of sulfonamides is 1. The van der Waals surface area contributed by atoms with E-state index in [9.17, 15) is 22.7 Å². The molecule has 0 saturated carbocycles. The second-order valence-electron chi connectivity index (χ2n) is 4.75. The summed E-state index contributed by atoms with van der Waals surface area (Å²) < 4.78 is 39.1. The standard InChI is InChI=1S/C12H14FNO5S/c1-7-2-3-9(13)11(4-7)20(18,19)14-6-8(15)5-10(14)12(16)17/h2-4,8,10,15H,5-6H2,1H3,(H,16,17)/t8-,10-/m1/s1. The van der Waals surface area contributed by atoms with E-state index < -0.39 is 38.9 Å². The summed E-state index contributed by atoms with van der Waals surface area (Å²) in [5, 5.41) is 18.5. The molecule has 1 aliphatic rings. The first kappa shape index (κ1) is 14.9. The summed E-state index contributed by atoms with van der Waals surface area (Å²) in [4.78, 5) is 10.5. The van der Waals surface area contributed by atoms with Crippen molar-refractivity contribution in [1.29, 1.82) is 0 Å². The third kappa shape index (κ3) is 2.54. The number of hydrogen-bond donors (Lipinski definition) is 2. The molecule has 0 bridgehead atoms. The molecule has 1 aliphatic heterocycles. The molecule has 0 aliphatic carbocycles. The van der Waals surface area contributed by atoms with Gasteiger partial charge in [0.05, 0.1) is 6.10 Å². The molecule has 1 aromatic rings. The molecule has 8 heteroatoms. The van der Waals surface area contributed by atoms with Crippen LogP contribution in [0.4, 0.5) is 4.39 Å². The number of aliphatic hydroxyl groups excluding tert-OH is 1. The van der Waals surface area contributed by atoms with Crippen molar-refractivity contribution in [2.45, 2.75) is 30.4 Å². The van der Waals surface area contributed by atoms with Crippen LogP contribution in [-0.4, -0.2) is 47.6 Å². The molecule has 1 heterocycles. The van der Waals surface area contributed by atoms with Crippen LogP contribution in [0.25, 0.3) is 0 Å². The Balaban J connectivity index is 2.49. The molecule has 6 nitrogen and oxygen atoms in total. The highest BCUT2D eigenvalue weighted by Gasteiger charge is 2.44. The Labute approximate surface area is 115 Å². The van der Waals surface area contributed by atoms with Crippen LogP contribution in [0.15, 0.2) is 23.1 Å². The topological polar surface area (TPSA) is 94.9 Å². The van der Waals surface area contributed by atoms with Crippen molar-refractivity contribution in [1.82, 2.24) is 4.31 Å². The number of rotatable bonds is 3. The Bertz CT molecular complexity index is 645. The lowest BCUT2D eigenvalue weighted by Gasteiger charge is -2.21. The SMILES string of the molecule is Cc1ccc(F)c(S(=O)(=O)N2C[C@H](O)C[C@@H]2C(=O)O)c1. The lowest BCUT2D eigenvalue weighted by atomic mass is 10.2. The molecule has 0 unspecified atom stereocenters. The Hall–Kier alpha value is -1.51. The minimum absolute atomic E-state index is 0.206. The van der Waals surface area contributed by atoms with Gasteiger partial charge in [0.2, 0.25) is 10.0 Å². The van der Waals surface area contributed by atoms with Gasteiger partial charge in [-0.3, -0.25) is 4.79 Å². The third-order valence-electron chi connectivity index (χ3n) is 3.19.